The second-order valence-corrected chi connectivity index (χ2v) is 7.05. The highest BCUT2D eigenvalue weighted by molar-refractivity contribution is 5.85. The number of amides is 1. The first-order valence-electron chi connectivity index (χ1n) is 8.57. The smallest absolute Gasteiger partial charge is 0.414 e. The lowest BCUT2D eigenvalue weighted by Gasteiger charge is -2.24. The van der Waals surface area contributed by atoms with Crippen LogP contribution in [0.25, 0.3) is 0 Å². The number of ether oxygens (including phenoxy) is 2. The van der Waals surface area contributed by atoms with Crippen LogP contribution < -0.4 is 9.47 Å². The minimum absolute atomic E-state index is 0. The summed E-state index contributed by atoms with van der Waals surface area (Å²) in [5.74, 6) is 1.28. The van der Waals surface area contributed by atoms with E-state index in [1.54, 1.807) is 14.1 Å². The van der Waals surface area contributed by atoms with Crippen LogP contribution in [0.2, 0.25) is 0 Å². The van der Waals surface area contributed by atoms with Gasteiger partial charge in [-0.2, -0.15) is 0 Å². The van der Waals surface area contributed by atoms with E-state index in [-0.39, 0.29) is 17.8 Å². The maximum Gasteiger partial charge on any atom is 0.414 e. The molecule has 0 fully saturated rings. The molecule has 0 aliphatic carbocycles. The molecule has 0 radical (unpaired) electrons. The molecule has 0 aromatic heterocycles. The quantitative estimate of drug-likeness (QED) is 0.719. The molecule has 6 heteroatoms. The third-order valence-electron chi connectivity index (χ3n) is 3.89. The van der Waals surface area contributed by atoms with Crippen LogP contribution in [0.1, 0.15) is 40.2 Å². The van der Waals surface area contributed by atoms with E-state index >= 15 is 0 Å². The fraction of sp³-hybridized carbons (Fsp3) is 0.632. The normalized spacial score (nSPS) is 11.0. The summed E-state index contributed by atoms with van der Waals surface area (Å²) < 4.78 is 11.4. The van der Waals surface area contributed by atoms with Gasteiger partial charge in [0.1, 0.15) is 18.1 Å². The van der Waals surface area contributed by atoms with Gasteiger partial charge in [-0.1, -0.05) is 40.7 Å². The van der Waals surface area contributed by atoms with Crippen LogP contribution in [-0.2, 0) is 5.41 Å². The summed E-state index contributed by atoms with van der Waals surface area (Å²) in [6.45, 7) is 14.2. The number of likely N-dealkylation sites (N-methyl/N-ethyl adjacent to an activating group) is 1. The molecule has 1 amide bonds. The minimum Gasteiger partial charge on any atom is -0.492 e. The van der Waals surface area contributed by atoms with Crippen LogP contribution in [0, 0.1) is 0 Å². The van der Waals surface area contributed by atoms with Gasteiger partial charge in [-0.25, -0.2) is 4.79 Å². The highest BCUT2D eigenvalue weighted by Crippen LogP contribution is 2.34. The Bertz CT molecular complexity index is 538. The van der Waals surface area contributed by atoms with E-state index in [1.807, 2.05) is 18.2 Å². The molecule has 1 aromatic carbocycles. The molecule has 0 aliphatic heterocycles. The first kappa shape index (κ1) is 23.5. The lowest BCUT2D eigenvalue weighted by Crippen LogP contribution is -2.28. The topological polar surface area (TPSA) is 42.0 Å². The van der Waals surface area contributed by atoms with Crippen LogP contribution in [0.3, 0.4) is 0 Å². The first-order valence-corrected chi connectivity index (χ1v) is 8.57. The van der Waals surface area contributed by atoms with Crippen molar-refractivity contribution in [3.8, 4) is 11.5 Å². The molecular weight excluding hydrogens is 340 g/mol. The summed E-state index contributed by atoms with van der Waals surface area (Å²) >= 11 is 0. The molecule has 25 heavy (non-hydrogen) atoms. The number of hydrogen-bond acceptors (Lipinski definition) is 4. The number of rotatable bonds is 7. The van der Waals surface area contributed by atoms with Crippen molar-refractivity contribution in [2.24, 2.45) is 0 Å². The lowest BCUT2D eigenvalue weighted by molar-refractivity contribution is 0.171. The van der Waals surface area contributed by atoms with E-state index in [2.05, 4.69) is 39.5 Å². The molecule has 1 rings (SSSR count). The van der Waals surface area contributed by atoms with Crippen LogP contribution >= 0.6 is 12.4 Å². The van der Waals surface area contributed by atoms with Gasteiger partial charge in [-0.15, -0.1) is 12.4 Å². The fourth-order valence-electron chi connectivity index (χ4n) is 2.32. The monoisotopic (exact) mass is 372 g/mol. The van der Waals surface area contributed by atoms with E-state index < -0.39 is 6.09 Å². The third kappa shape index (κ3) is 7.53. The van der Waals surface area contributed by atoms with Gasteiger partial charge in [0.15, 0.2) is 0 Å². The third-order valence-corrected chi connectivity index (χ3v) is 3.89. The van der Waals surface area contributed by atoms with E-state index in [4.69, 9.17) is 9.47 Å². The van der Waals surface area contributed by atoms with Crippen molar-refractivity contribution in [1.82, 2.24) is 9.80 Å². The van der Waals surface area contributed by atoms with Crippen molar-refractivity contribution in [2.45, 2.75) is 40.0 Å². The summed E-state index contributed by atoms with van der Waals surface area (Å²) in [5.41, 5.74) is 1.06. The molecule has 1 aromatic rings. The van der Waals surface area contributed by atoms with Crippen LogP contribution in [0.5, 0.6) is 11.5 Å². The van der Waals surface area contributed by atoms with Gasteiger partial charge in [0.2, 0.25) is 0 Å². The SMILES string of the molecule is CCN(CC)CCOc1cc(OC(=O)N(C)C)ccc1C(C)(C)C.Cl. The van der Waals surface area contributed by atoms with Crippen LogP contribution in [0.4, 0.5) is 4.79 Å². The second-order valence-electron chi connectivity index (χ2n) is 7.05. The van der Waals surface area contributed by atoms with E-state index in [0.29, 0.717) is 12.4 Å². The predicted molar refractivity (Wildman–Crippen MR) is 105 cm³/mol. The molecule has 144 valence electrons. The second kappa shape index (κ2) is 10.5. The zero-order valence-electron chi connectivity index (χ0n) is 16.6. The zero-order valence-corrected chi connectivity index (χ0v) is 17.4. The van der Waals surface area contributed by atoms with Gasteiger partial charge >= 0.3 is 6.09 Å². The number of benzene rings is 1. The van der Waals surface area contributed by atoms with Crippen LogP contribution in [-0.4, -0.2) is 56.2 Å². The van der Waals surface area contributed by atoms with E-state index in [9.17, 15) is 4.79 Å². The summed E-state index contributed by atoms with van der Waals surface area (Å²) in [6.07, 6.45) is -0.396. The average Bonchev–Trinajstić information content (AvgIpc) is 2.50. The Kier molecular flexibility index (Phi) is 9.90. The number of carbonyl (C=O) groups is 1. The summed E-state index contributed by atoms with van der Waals surface area (Å²) in [5, 5.41) is 0. The number of carbonyl (C=O) groups excluding carboxylic acids is 1. The minimum atomic E-state index is -0.396. The molecule has 0 heterocycles. The Labute approximate surface area is 158 Å². The molecule has 5 nitrogen and oxygen atoms in total. The Morgan fingerprint density at radius 2 is 1.72 bits per heavy atom. The Morgan fingerprint density at radius 3 is 2.20 bits per heavy atom. The molecule has 0 spiro atoms. The van der Waals surface area contributed by atoms with Crippen molar-refractivity contribution in [3.05, 3.63) is 23.8 Å². The standard InChI is InChI=1S/C19H32N2O3.ClH/c1-8-21(9-2)12-13-23-17-14-15(24-18(22)20(6)7)10-11-16(17)19(3,4)5;/h10-11,14H,8-9,12-13H2,1-7H3;1H. The largest absolute Gasteiger partial charge is 0.492 e. The molecular formula is C19H33ClN2O3. The highest BCUT2D eigenvalue weighted by atomic mass is 35.5. The van der Waals surface area contributed by atoms with Crippen molar-refractivity contribution < 1.29 is 14.3 Å². The summed E-state index contributed by atoms with van der Waals surface area (Å²) in [6, 6.07) is 5.61. The van der Waals surface area contributed by atoms with Gasteiger partial charge in [0.05, 0.1) is 0 Å². The number of nitrogens with zero attached hydrogens (tertiary/aromatic N) is 2. The predicted octanol–water partition coefficient (Wildman–Crippen LogP) is 4.19. The Morgan fingerprint density at radius 1 is 1.12 bits per heavy atom. The van der Waals surface area contributed by atoms with E-state index in [0.717, 1.165) is 30.9 Å². The highest BCUT2D eigenvalue weighted by Gasteiger charge is 2.20. The summed E-state index contributed by atoms with van der Waals surface area (Å²) in [7, 11) is 3.32. The molecule has 0 bridgehead atoms. The molecule has 0 unspecified atom stereocenters. The van der Waals surface area contributed by atoms with Gasteiger partial charge in [-0.05, 0) is 30.1 Å². The van der Waals surface area contributed by atoms with Crippen LogP contribution in [0.15, 0.2) is 18.2 Å². The Balaban J connectivity index is 0.00000576. The Hall–Kier alpha value is -1.46. The molecule has 0 atom stereocenters. The molecule has 0 saturated heterocycles. The van der Waals surface area contributed by atoms with Gasteiger partial charge < -0.3 is 19.3 Å². The average molecular weight is 373 g/mol. The first-order chi connectivity index (χ1) is 11.2. The maximum atomic E-state index is 11.7. The zero-order chi connectivity index (χ0) is 18.3. The van der Waals surface area contributed by atoms with Crippen molar-refractivity contribution in [2.75, 3.05) is 40.3 Å². The van der Waals surface area contributed by atoms with Crippen molar-refractivity contribution in [1.29, 1.82) is 0 Å². The summed E-state index contributed by atoms with van der Waals surface area (Å²) in [4.78, 5) is 15.5. The van der Waals surface area contributed by atoms with Gasteiger partial charge in [0, 0.05) is 26.7 Å². The molecule has 0 aliphatic rings. The number of hydrogen-bond donors (Lipinski definition) is 0. The molecule has 0 N–H and O–H groups in total. The fourth-order valence-corrected chi connectivity index (χ4v) is 2.32. The van der Waals surface area contributed by atoms with E-state index in [1.165, 1.54) is 4.90 Å². The maximum absolute atomic E-state index is 11.7. The van der Waals surface area contributed by atoms with Crippen molar-refractivity contribution >= 4 is 18.5 Å². The van der Waals surface area contributed by atoms with Gasteiger partial charge in [0.25, 0.3) is 0 Å². The lowest BCUT2D eigenvalue weighted by atomic mass is 9.86. The van der Waals surface area contributed by atoms with Gasteiger partial charge in [-0.3, -0.25) is 0 Å². The number of halogens is 1. The molecule has 0 saturated carbocycles. The van der Waals surface area contributed by atoms with Crippen molar-refractivity contribution in [3.63, 3.8) is 0 Å².